The van der Waals surface area contributed by atoms with Crippen LogP contribution in [0.4, 0.5) is 0 Å². The standard InChI is InChI=1S/C15H26N2O/c1-3-14(15-9-6-12-18-15)16-10-11-17(2)13-7-4-5-8-13/h6,9,12-14,16H,3-5,7-8,10-11H2,1-2H3. The van der Waals surface area contributed by atoms with Crippen LogP contribution in [-0.4, -0.2) is 31.1 Å². The van der Waals surface area contributed by atoms with E-state index in [9.17, 15) is 0 Å². The first-order valence-corrected chi connectivity index (χ1v) is 7.28. The van der Waals surface area contributed by atoms with E-state index in [0.717, 1.165) is 31.3 Å². The van der Waals surface area contributed by atoms with Gasteiger partial charge in [0.05, 0.1) is 12.3 Å². The van der Waals surface area contributed by atoms with Crippen molar-refractivity contribution < 1.29 is 4.42 Å². The smallest absolute Gasteiger partial charge is 0.120 e. The summed E-state index contributed by atoms with van der Waals surface area (Å²) in [6, 6.07) is 5.19. The molecule has 1 heterocycles. The van der Waals surface area contributed by atoms with Crippen LogP contribution in [0.1, 0.15) is 50.8 Å². The number of hydrogen-bond acceptors (Lipinski definition) is 3. The zero-order chi connectivity index (χ0) is 12.8. The number of furan rings is 1. The van der Waals surface area contributed by atoms with Crippen molar-refractivity contribution in [2.45, 2.75) is 51.1 Å². The fraction of sp³-hybridized carbons (Fsp3) is 0.733. The minimum Gasteiger partial charge on any atom is -0.468 e. The summed E-state index contributed by atoms with van der Waals surface area (Å²) < 4.78 is 5.47. The molecule has 18 heavy (non-hydrogen) atoms. The summed E-state index contributed by atoms with van der Waals surface area (Å²) in [5.41, 5.74) is 0. The molecule has 1 aliphatic carbocycles. The van der Waals surface area contributed by atoms with Gasteiger partial charge in [-0.15, -0.1) is 0 Å². The second kappa shape index (κ2) is 6.95. The zero-order valence-electron chi connectivity index (χ0n) is 11.7. The number of hydrogen-bond donors (Lipinski definition) is 1. The Hall–Kier alpha value is -0.800. The van der Waals surface area contributed by atoms with Gasteiger partial charge in [-0.05, 0) is 38.4 Å². The maximum atomic E-state index is 5.47. The number of nitrogens with one attached hydrogen (secondary N) is 1. The minimum atomic E-state index is 0.358. The summed E-state index contributed by atoms with van der Waals surface area (Å²) >= 11 is 0. The second-order valence-corrected chi connectivity index (χ2v) is 5.35. The quantitative estimate of drug-likeness (QED) is 0.805. The van der Waals surface area contributed by atoms with E-state index in [1.165, 1.54) is 25.7 Å². The molecule has 1 atom stereocenters. The first kappa shape index (κ1) is 13.6. The van der Waals surface area contributed by atoms with Gasteiger partial charge in [-0.1, -0.05) is 19.8 Å². The summed E-state index contributed by atoms with van der Waals surface area (Å²) in [5, 5.41) is 3.59. The largest absolute Gasteiger partial charge is 0.468 e. The van der Waals surface area contributed by atoms with Gasteiger partial charge in [-0.25, -0.2) is 0 Å². The van der Waals surface area contributed by atoms with E-state index in [4.69, 9.17) is 4.42 Å². The molecule has 0 amide bonds. The molecule has 1 unspecified atom stereocenters. The van der Waals surface area contributed by atoms with E-state index in [2.05, 4.69) is 30.3 Å². The van der Waals surface area contributed by atoms with E-state index >= 15 is 0 Å². The third-order valence-electron chi connectivity index (χ3n) is 4.10. The van der Waals surface area contributed by atoms with Gasteiger partial charge < -0.3 is 14.6 Å². The average Bonchev–Trinajstić information content (AvgIpc) is 3.05. The average molecular weight is 250 g/mol. The molecule has 102 valence electrons. The maximum Gasteiger partial charge on any atom is 0.120 e. The predicted molar refractivity (Wildman–Crippen MR) is 74.6 cm³/mol. The van der Waals surface area contributed by atoms with Gasteiger partial charge in [0.25, 0.3) is 0 Å². The molecule has 1 fully saturated rings. The maximum absolute atomic E-state index is 5.47. The summed E-state index contributed by atoms with van der Waals surface area (Å²) in [6.45, 7) is 4.36. The number of nitrogens with zero attached hydrogens (tertiary/aromatic N) is 1. The van der Waals surface area contributed by atoms with Gasteiger partial charge in [0, 0.05) is 19.1 Å². The molecule has 1 aliphatic rings. The van der Waals surface area contributed by atoms with E-state index < -0.39 is 0 Å². The van der Waals surface area contributed by atoms with Crippen LogP contribution in [0.2, 0.25) is 0 Å². The predicted octanol–water partition coefficient (Wildman–Crippen LogP) is 3.19. The minimum absolute atomic E-state index is 0.358. The van der Waals surface area contributed by atoms with Crippen molar-refractivity contribution in [1.29, 1.82) is 0 Å². The van der Waals surface area contributed by atoms with Crippen molar-refractivity contribution >= 4 is 0 Å². The van der Waals surface area contributed by atoms with Crippen LogP contribution in [0.25, 0.3) is 0 Å². The Balaban J connectivity index is 1.70. The van der Waals surface area contributed by atoms with Crippen molar-refractivity contribution in [1.82, 2.24) is 10.2 Å². The molecule has 0 bridgehead atoms. The molecule has 1 N–H and O–H groups in total. The third kappa shape index (κ3) is 3.59. The fourth-order valence-corrected chi connectivity index (χ4v) is 2.88. The highest BCUT2D eigenvalue weighted by Gasteiger charge is 2.19. The lowest BCUT2D eigenvalue weighted by atomic mass is 10.1. The van der Waals surface area contributed by atoms with Crippen molar-refractivity contribution in [3.05, 3.63) is 24.2 Å². The molecule has 3 heteroatoms. The van der Waals surface area contributed by atoms with Gasteiger partial charge in [0.15, 0.2) is 0 Å². The number of rotatable bonds is 7. The Morgan fingerprint density at radius 3 is 2.83 bits per heavy atom. The summed E-state index contributed by atoms with van der Waals surface area (Å²) in [4.78, 5) is 2.51. The topological polar surface area (TPSA) is 28.4 Å². The number of likely N-dealkylation sites (N-methyl/N-ethyl adjacent to an activating group) is 1. The summed E-state index contributed by atoms with van der Waals surface area (Å²) in [5.74, 6) is 1.06. The van der Waals surface area contributed by atoms with E-state index in [0.29, 0.717) is 6.04 Å². The van der Waals surface area contributed by atoms with Gasteiger partial charge in [0.2, 0.25) is 0 Å². The van der Waals surface area contributed by atoms with Crippen LogP contribution in [0.3, 0.4) is 0 Å². The van der Waals surface area contributed by atoms with E-state index in [-0.39, 0.29) is 0 Å². The van der Waals surface area contributed by atoms with Crippen LogP contribution in [0.15, 0.2) is 22.8 Å². The normalized spacial score (nSPS) is 18.6. The molecule has 0 aliphatic heterocycles. The molecule has 3 nitrogen and oxygen atoms in total. The lowest BCUT2D eigenvalue weighted by Gasteiger charge is -2.25. The van der Waals surface area contributed by atoms with Crippen molar-refractivity contribution in [3.63, 3.8) is 0 Å². The van der Waals surface area contributed by atoms with Crippen molar-refractivity contribution in [3.8, 4) is 0 Å². The molecule has 0 saturated heterocycles. The van der Waals surface area contributed by atoms with Crippen LogP contribution < -0.4 is 5.32 Å². The highest BCUT2D eigenvalue weighted by atomic mass is 16.3. The Morgan fingerprint density at radius 1 is 1.44 bits per heavy atom. The molecule has 1 aromatic rings. The van der Waals surface area contributed by atoms with Gasteiger partial charge in [0.1, 0.15) is 5.76 Å². The molecular weight excluding hydrogens is 224 g/mol. The SMILES string of the molecule is CCC(NCCN(C)C1CCCC1)c1ccco1. The highest BCUT2D eigenvalue weighted by Crippen LogP contribution is 2.22. The molecule has 2 rings (SSSR count). The zero-order valence-corrected chi connectivity index (χ0v) is 11.7. The van der Waals surface area contributed by atoms with Crippen LogP contribution in [0.5, 0.6) is 0 Å². The molecular formula is C15H26N2O. The summed E-state index contributed by atoms with van der Waals surface area (Å²) in [7, 11) is 2.26. The van der Waals surface area contributed by atoms with E-state index in [1.807, 2.05) is 6.07 Å². The molecule has 1 saturated carbocycles. The first-order valence-electron chi connectivity index (χ1n) is 7.28. The Bertz CT molecular complexity index is 317. The lowest BCUT2D eigenvalue weighted by molar-refractivity contribution is 0.239. The monoisotopic (exact) mass is 250 g/mol. The van der Waals surface area contributed by atoms with E-state index in [1.54, 1.807) is 6.26 Å². The third-order valence-corrected chi connectivity index (χ3v) is 4.10. The van der Waals surface area contributed by atoms with Crippen LogP contribution in [-0.2, 0) is 0 Å². The first-order chi connectivity index (χ1) is 8.81. The molecule has 0 radical (unpaired) electrons. The van der Waals surface area contributed by atoms with Gasteiger partial charge >= 0.3 is 0 Å². The van der Waals surface area contributed by atoms with Crippen molar-refractivity contribution in [2.24, 2.45) is 0 Å². The Kier molecular flexibility index (Phi) is 5.26. The molecule has 0 spiro atoms. The fourth-order valence-electron chi connectivity index (χ4n) is 2.88. The van der Waals surface area contributed by atoms with Gasteiger partial charge in [-0.2, -0.15) is 0 Å². The van der Waals surface area contributed by atoms with Crippen LogP contribution >= 0.6 is 0 Å². The van der Waals surface area contributed by atoms with Crippen molar-refractivity contribution in [2.75, 3.05) is 20.1 Å². The Labute approximate surface area is 111 Å². The molecule has 1 aromatic heterocycles. The Morgan fingerprint density at radius 2 is 2.22 bits per heavy atom. The lowest BCUT2D eigenvalue weighted by Crippen LogP contribution is -2.36. The molecule has 0 aromatic carbocycles. The second-order valence-electron chi connectivity index (χ2n) is 5.35. The highest BCUT2D eigenvalue weighted by molar-refractivity contribution is 5.03. The summed E-state index contributed by atoms with van der Waals surface area (Å²) in [6.07, 6.45) is 8.40. The van der Waals surface area contributed by atoms with Gasteiger partial charge in [-0.3, -0.25) is 0 Å². The van der Waals surface area contributed by atoms with Crippen LogP contribution in [0, 0.1) is 0 Å².